The third-order valence-corrected chi connectivity index (χ3v) is 8.24. The lowest BCUT2D eigenvalue weighted by Crippen LogP contribution is -2.43. The van der Waals surface area contributed by atoms with E-state index < -0.39 is 14.6 Å². The predicted octanol–water partition coefficient (Wildman–Crippen LogP) is 3.86. The maximum Gasteiger partial charge on any atom is 0.0963 e. The lowest BCUT2D eigenvalue weighted by atomic mass is 9.16. The van der Waals surface area contributed by atoms with Crippen LogP contribution in [0.4, 0.5) is 0 Å². The Morgan fingerprint density at radius 3 is 2.03 bits per heavy atom. The summed E-state index contributed by atoms with van der Waals surface area (Å²) >= 11 is 0. The lowest BCUT2D eigenvalue weighted by Gasteiger charge is -2.27. The van der Waals surface area contributed by atoms with E-state index in [4.69, 9.17) is 27.9 Å². The minimum atomic E-state index is -1.17. The summed E-state index contributed by atoms with van der Waals surface area (Å²) in [6, 6.07) is 20.3. The van der Waals surface area contributed by atoms with Gasteiger partial charge in [0.2, 0.25) is 0 Å². The molecule has 3 rings (SSSR count). The van der Waals surface area contributed by atoms with Gasteiger partial charge >= 0.3 is 0 Å². The third-order valence-electron chi connectivity index (χ3n) is 6.54. The molecule has 0 atom stereocenters. The fraction of sp³-hybridized carbons (Fsp3) is 0.333. The van der Waals surface area contributed by atoms with Crippen molar-refractivity contribution in [3.63, 3.8) is 0 Å². The molecule has 0 spiro atoms. The fourth-order valence-corrected chi connectivity index (χ4v) is 5.27. The molecule has 0 unspecified atom stereocenters. The number of ether oxygens (including phenoxy) is 1. The molecule has 165 valence electrons. The second kappa shape index (κ2) is 11.7. The first-order valence-electron chi connectivity index (χ1n) is 12.1. The Morgan fingerprint density at radius 1 is 0.853 bits per heavy atom. The molecule has 7 heteroatoms. The molecule has 0 aromatic heterocycles. The molecule has 3 aromatic carbocycles. The van der Waals surface area contributed by atoms with E-state index in [-0.39, 0.29) is 0 Å². The highest BCUT2D eigenvalue weighted by atomic mass is 28.3. The van der Waals surface area contributed by atoms with E-state index in [1.165, 1.54) is 27.8 Å². The van der Waals surface area contributed by atoms with Crippen LogP contribution in [0.5, 0.6) is 0 Å². The Kier molecular flexibility index (Phi) is 9.23. The van der Waals surface area contributed by atoms with E-state index in [0.29, 0.717) is 6.61 Å². The van der Waals surface area contributed by atoms with Gasteiger partial charge in [0.15, 0.2) is 0 Å². The van der Waals surface area contributed by atoms with E-state index in [1.54, 1.807) is 7.17 Å². The summed E-state index contributed by atoms with van der Waals surface area (Å²) in [6.45, 7) is 12.0. The number of hydrogen-bond acceptors (Lipinski definition) is 1. The number of rotatable bonds is 10. The summed E-state index contributed by atoms with van der Waals surface area (Å²) in [6.07, 6.45) is 0.772. The molecular formula is C27H32B5OSi. The number of hydrogen-bond donors (Lipinski definition) is 0. The Balaban J connectivity index is 1.97. The first kappa shape index (κ1) is 26.8. The molecule has 0 N–H and O–H groups in total. The van der Waals surface area contributed by atoms with Gasteiger partial charge in [0.1, 0.15) is 0 Å². The van der Waals surface area contributed by atoms with Crippen molar-refractivity contribution >= 4 is 55.9 Å². The molecule has 0 amide bonds. The molecule has 7 radical (unpaired) electrons. The van der Waals surface area contributed by atoms with Gasteiger partial charge in [-0.05, 0) is 54.1 Å². The van der Waals surface area contributed by atoms with Crippen LogP contribution in [0.2, 0.25) is 25.7 Å². The van der Waals surface area contributed by atoms with Crippen LogP contribution >= 0.6 is 0 Å². The van der Waals surface area contributed by atoms with Gasteiger partial charge in [-0.1, -0.05) is 96.3 Å². The Bertz CT molecular complexity index is 1090. The quantitative estimate of drug-likeness (QED) is 0.334. The second-order valence-corrected chi connectivity index (χ2v) is 16.0. The Morgan fingerprint density at radius 2 is 1.47 bits per heavy atom. The topological polar surface area (TPSA) is 9.23 Å². The van der Waals surface area contributed by atoms with Crippen molar-refractivity contribution in [2.24, 2.45) is 0 Å². The monoisotopic (exact) mass is 455 g/mol. The van der Waals surface area contributed by atoms with Crippen molar-refractivity contribution in [1.29, 1.82) is 0 Å². The molecule has 3 aromatic rings. The molecule has 0 saturated heterocycles. The SMILES string of the molecule is [B][B]c1c(C)c(Cc2ccc(-c3ccccc3)cc2)c(COCC[Si](C)(C)C)c(B([B])[B])c1C. The maximum absolute atomic E-state index is 6.28. The zero-order chi connectivity index (χ0) is 24.9. The first-order chi connectivity index (χ1) is 16.1. The van der Waals surface area contributed by atoms with E-state index in [1.807, 2.05) is 6.07 Å². The van der Waals surface area contributed by atoms with Gasteiger partial charge in [0.05, 0.1) is 20.3 Å². The smallest absolute Gasteiger partial charge is 0.0963 e. The average Bonchev–Trinajstić information content (AvgIpc) is 2.79. The highest BCUT2D eigenvalue weighted by Gasteiger charge is 2.21. The second-order valence-electron chi connectivity index (χ2n) is 10.3. The summed E-state index contributed by atoms with van der Waals surface area (Å²) in [7, 11) is 19.1. The molecular weight excluding hydrogens is 422 g/mol. The lowest BCUT2D eigenvalue weighted by molar-refractivity contribution is 0.133. The van der Waals surface area contributed by atoms with E-state index >= 15 is 0 Å². The maximum atomic E-state index is 6.28. The van der Waals surface area contributed by atoms with Gasteiger partial charge in [-0.25, -0.2) is 0 Å². The van der Waals surface area contributed by atoms with Crippen LogP contribution in [0, 0.1) is 13.8 Å². The summed E-state index contributed by atoms with van der Waals surface area (Å²) in [5.74, 6) is 0. The average molecular weight is 455 g/mol. The Hall–Kier alpha value is -1.84. The van der Waals surface area contributed by atoms with Crippen molar-refractivity contribution in [3.05, 3.63) is 82.4 Å². The normalized spacial score (nSPS) is 11.4. The molecule has 0 heterocycles. The zero-order valence-corrected chi connectivity index (χ0v) is 22.3. The van der Waals surface area contributed by atoms with Gasteiger partial charge in [0, 0.05) is 37.9 Å². The van der Waals surface area contributed by atoms with Crippen LogP contribution in [0.1, 0.15) is 27.8 Å². The van der Waals surface area contributed by atoms with Crippen LogP contribution in [-0.4, -0.2) is 51.6 Å². The highest BCUT2D eigenvalue weighted by molar-refractivity contribution is 7.35. The van der Waals surface area contributed by atoms with Gasteiger partial charge in [0.25, 0.3) is 0 Å². The molecule has 0 saturated carbocycles. The molecule has 1 nitrogen and oxygen atoms in total. The molecule has 0 aliphatic rings. The minimum Gasteiger partial charge on any atom is -0.377 e. The molecule has 0 aliphatic carbocycles. The van der Waals surface area contributed by atoms with Gasteiger partial charge in [-0.2, -0.15) is 0 Å². The first-order valence-corrected chi connectivity index (χ1v) is 15.8. The van der Waals surface area contributed by atoms with Crippen LogP contribution in [0.15, 0.2) is 54.6 Å². The van der Waals surface area contributed by atoms with Gasteiger partial charge in [-0.3, -0.25) is 0 Å². The predicted molar refractivity (Wildman–Crippen MR) is 156 cm³/mol. The zero-order valence-electron chi connectivity index (χ0n) is 21.3. The third kappa shape index (κ3) is 6.64. The van der Waals surface area contributed by atoms with Crippen LogP contribution in [0.3, 0.4) is 0 Å². The summed E-state index contributed by atoms with van der Waals surface area (Å²) in [5, 5.41) is 0. The molecule has 0 fully saturated rings. The van der Waals surface area contributed by atoms with Gasteiger partial charge in [-0.15, -0.1) is 0 Å². The van der Waals surface area contributed by atoms with E-state index in [0.717, 1.165) is 41.1 Å². The minimum absolute atomic E-state index is 0.509. The fourth-order valence-electron chi connectivity index (χ4n) is 4.51. The molecule has 0 aliphatic heterocycles. The van der Waals surface area contributed by atoms with Crippen LogP contribution in [0.25, 0.3) is 11.1 Å². The summed E-state index contributed by atoms with van der Waals surface area (Å²) in [4.78, 5) is 0. The summed E-state index contributed by atoms with van der Waals surface area (Å²) in [5.41, 5.74) is 10.1. The van der Waals surface area contributed by atoms with Crippen molar-refractivity contribution in [2.75, 3.05) is 6.61 Å². The van der Waals surface area contributed by atoms with Crippen molar-refractivity contribution in [1.82, 2.24) is 0 Å². The Labute approximate surface area is 213 Å². The highest BCUT2D eigenvalue weighted by Crippen LogP contribution is 2.23. The standard InChI is InChI=1S/C27H32B5OSi/c1-19-24(17-21-11-13-23(14-12-21)22-9-7-6-8-10-22)25(18-33-15-16-34(3,4)5)27(32(29)30)20(2)26(19)31-28/h6-14H,15-18H2,1-5H3. The van der Waals surface area contributed by atoms with Crippen molar-refractivity contribution in [3.8, 4) is 11.1 Å². The van der Waals surface area contributed by atoms with E-state index in [9.17, 15) is 0 Å². The van der Waals surface area contributed by atoms with E-state index in [2.05, 4.69) is 82.0 Å². The van der Waals surface area contributed by atoms with Crippen LogP contribution in [-0.2, 0) is 17.8 Å². The van der Waals surface area contributed by atoms with Crippen molar-refractivity contribution in [2.45, 2.75) is 52.6 Å². The molecule has 34 heavy (non-hydrogen) atoms. The molecule has 0 bridgehead atoms. The van der Waals surface area contributed by atoms with Gasteiger partial charge < -0.3 is 4.74 Å². The summed E-state index contributed by atoms with van der Waals surface area (Å²) < 4.78 is 6.21. The number of benzene rings is 3. The van der Waals surface area contributed by atoms with Crippen molar-refractivity contribution < 1.29 is 4.74 Å². The van der Waals surface area contributed by atoms with Crippen LogP contribution < -0.4 is 10.9 Å². The largest absolute Gasteiger partial charge is 0.377 e.